The van der Waals surface area contributed by atoms with E-state index in [1.54, 1.807) is 6.07 Å². The lowest BCUT2D eigenvalue weighted by Crippen LogP contribution is -2.32. The second kappa shape index (κ2) is 5.70. The molecule has 110 valence electrons. The minimum atomic E-state index is -0.568. The van der Waals surface area contributed by atoms with Crippen molar-refractivity contribution in [2.75, 3.05) is 5.32 Å². The highest BCUT2D eigenvalue weighted by molar-refractivity contribution is 6.06. The summed E-state index contributed by atoms with van der Waals surface area (Å²) >= 11 is 0. The van der Waals surface area contributed by atoms with Crippen LogP contribution in [0.4, 0.5) is 11.4 Å². The Hall–Kier alpha value is -2.77. The molecule has 0 saturated carbocycles. The number of rotatable bonds is 3. The quantitative estimate of drug-likeness (QED) is 0.647. The van der Waals surface area contributed by atoms with E-state index in [4.69, 9.17) is 0 Å². The lowest BCUT2D eigenvalue weighted by molar-refractivity contribution is -0.383. The monoisotopic (exact) mass is 290 g/mol. The van der Waals surface area contributed by atoms with Gasteiger partial charge < -0.3 is 5.32 Å². The van der Waals surface area contributed by atoms with Crippen molar-refractivity contribution in [2.24, 2.45) is 11.0 Å². The molecule has 0 aromatic heterocycles. The van der Waals surface area contributed by atoms with Gasteiger partial charge in [0.25, 0.3) is 5.69 Å². The lowest BCUT2D eigenvalue weighted by atomic mass is 9.93. The van der Waals surface area contributed by atoms with Crippen molar-refractivity contribution >= 4 is 28.9 Å². The number of carbonyl (C=O) groups excluding carboxylic acids is 2. The first-order valence-electron chi connectivity index (χ1n) is 6.31. The average molecular weight is 290 g/mol. The number of nitrogens with one attached hydrogen (secondary N) is 2. The zero-order chi connectivity index (χ0) is 15.6. The molecule has 8 heteroatoms. The maximum atomic E-state index is 11.2. The van der Waals surface area contributed by atoms with Crippen LogP contribution in [0.1, 0.15) is 25.8 Å². The van der Waals surface area contributed by atoms with Crippen LogP contribution in [-0.4, -0.2) is 22.4 Å². The summed E-state index contributed by atoms with van der Waals surface area (Å²) in [4.78, 5) is 32.8. The van der Waals surface area contributed by atoms with Gasteiger partial charge in [-0.1, -0.05) is 13.0 Å². The van der Waals surface area contributed by atoms with Crippen LogP contribution in [0.5, 0.6) is 0 Å². The smallest absolute Gasteiger partial charge is 0.293 e. The van der Waals surface area contributed by atoms with Crippen LogP contribution in [0.3, 0.4) is 0 Å². The molecule has 1 aromatic rings. The highest BCUT2D eigenvalue weighted by atomic mass is 16.6. The number of nitro groups is 1. The van der Waals surface area contributed by atoms with E-state index in [1.165, 1.54) is 19.1 Å². The molecule has 0 fully saturated rings. The average Bonchev–Trinajstić information content (AvgIpc) is 2.38. The zero-order valence-corrected chi connectivity index (χ0v) is 11.5. The molecule has 0 spiro atoms. The van der Waals surface area contributed by atoms with Gasteiger partial charge in [-0.05, 0) is 6.07 Å². The second-order valence-electron chi connectivity index (χ2n) is 4.81. The van der Waals surface area contributed by atoms with Crippen LogP contribution in [0.2, 0.25) is 0 Å². The molecule has 8 nitrogen and oxygen atoms in total. The molecule has 1 atom stereocenters. The summed E-state index contributed by atoms with van der Waals surface area (Å²) < 4.78 is 0. The number of hydrazone groups is 1. The van der Waals surface area contributed by atoms with Crippen molar-refractivity contribution in [2.45, 2.75) is 20.3 Å². The zero-order valence-electron chi connectivity index (χ0n) is 11.5. The summed E-state index contributed by atoms with van der Waals surface area (Å²) in [5.74, 6) is -0.706. The van der Waals surface area contributed by atoms with Crippen LogP contribution < -0.4 is 10.7 Å². The molecule has 0 radical (unpaired) electrons. The Labute approximate surface area is 120 Å². The lowest BCUT2D eigenvalue weighted by Gasteiger charge is -2.19. The molecular weight excluding hydrogens is 276 g/mol. The maximum absolute atomic E-state index is 11.2. The number of anilines is 1. The van der Waals surface area contributed by atoms with Gasteiger partial charge in [-0.2, -0.15) is 5.10 Å². The van der Waals surface area contributed by atoms with Gasteiger partial charge in [0.05, 0.1) is 10.6 Å². The first-order chi connectivity index (χ1) is 9.88. The molecule has 2 amide bonds. The Kier molecular flexibility index (Phi) is 3.97. The van der Waals surface area contributed by atoms with Crippen molar-refractivity contribution < 1.29 is 14.5 Å². The van der Waals surface area contributed by atoms with Crippen LogP contribution in [0.15, 0.2) is 23.3 Å². The van der Waals surface area contributed by atoms with Crippen LogP contribution in [-0.2, 0) is 9.59 Å². The van der Waals surface area contributed by atoms with E-state index < -0.39 is 4.92 Å². The summed E-state index contributed by atoms with van der Waals surface area (Å²) in [6, 6.07) is 4.43. The minimum Gasteiger partial charge on any atom is -0.321 e. The van der Waals surface area contributed by atoms with Crippen LogP contribution in [0.25, 0.3) is 0 Å². The van der Waals surface area contributed by atoms with Crippen molar-refractivity contribution in [3.8, 4) is 0 Å². The third-order valence-corrected chi connectivity index (χ3v) is 3.06. The highest BCUT2D eigenvalue weighted by Gasteiger charge is 2.24. The fourth-order valence-electron chi connectivity index (χ4n) is 2.14. The van der Waals surface area contributed by atoms with Gasteiger partial charge in [0, 0.05) is 30.9 Å². The molecule has 2 N–H and O–H groups in total. The summed E-state index contributed by atoms with van der Waals surface area (Å²) in [6.45, 7) is 3.10. The number of benzene rings is 1. The fraction of sp³-hybridized carbons (Fsp3) is 0.308. The predicted molar refractivity (Wildman–Crippen MR) is 75.9 cm³/mol. The first-order valence-corrected chi connectivity index (χ1v) is 6.31. The summed E-state index contributed by atoms with van der Waals surface area (Å²) in [6.07, 6.45) is 0.278. The van der Waals surface area contributed by atoms with Crippen molar-refractivity contribution in [3.05, 3.63) is 33.9 Å². The summed E-state index contributed by atoms with van der Waals surface area (Å²) in [5, 5.41) is 17.5. The van der Waals surface area contributed by atoms with Gasteiger partial charge in [-0.25, -0.2) is 5.43 Å². The Morgan fingerprint density at radius 1 is 1.52 bits per heavy atom. The molecule has 0 unspecified atom stereocenters. The minimum absolute atomic E-state index is 0.129. The third-order valence-electron chi connectivity index (χ3n) is 3.06. The number of nitrogens with zero attached hydrogens (tertiary/aromatic N) is 2. The van der Waals surface area contributed by atoms with E-state index in [1.807, 2.05) is 6.92 Å². The SMILES string of the molecule is CC(=O)Nc1ccc(C2=NNC(=O)C[C@H]2C)cc1[N+](=O)[O-]. The van der Waals surface area contributed by atoms with Gasteiger partial charge in [0.15, 0.2) is 0 Å². The van der Waals surface area contributed by atoms with Gasteiger partial charge in [0.1, 0.15) is 5.69 Å². The number of carbonyl (C=O) groups is 2. The number of amides is 2. The second-order valence-corrected chi connectivity index (χ2v) is 4.81. The van der Waals surface area contributed by atoms with E-state index in [0.29, 0.717) is 11.3 Å². The Morgan fingerprint density at radius 2 is 2.24 bits per heavy atom. The molecule has 1 heterocycles. The third kappa shape index (κ3) is 3.22. The van der Waals surface area contributed by atoms with E-state index in [2.05, 4.69) is 15.8 Å². The normalized spacial score (nSPS) is 17.7. The van der Waals surface area contributed by atoms with Crippen molar-refractivity contribution in [1.29, 1.82) is 0 Å². The number of hydrogen-bond acceptors (Lipinski definition) is 5. The standard InChI is InChI=1S/C13H14N4O4/c1-7-5-12(19)15-16-13(7)9-3-4-10(14-8(2)18)11(6-9)17(20)21/h3-4,6-7H,5H2,1-2H3,(H,14,18)(H,15,19)/t7-/m1/s1. The number of hydrogen-bond donors (Lipinski definition) is 2. The molecule has 21 heavy (non-hydrogen) atoms. The number of nitro benzene ring substituents is 1. The van der Waals surface area contributed by atoms with Gasteiger partial charge >= 0.3 is 0 Å². The fourth-order valence-corrected chi connectivity index (χ4v) is 2.14. The molecule has 1 aliphatic heterocycles. The Balaban J connectivity index is 2.43. The van der Waals surface area contributed by atoms with Crippen LogP contribution in [0, 0.1) is 16.0 Å². The topological polar surface area (TPSA) is 114 Å². The van der Waals surface area contributed by atoms with E-state index >= 15 is 0 Å². The van der Waals surface area contributed by atoms with Gasteiger partial charge in [-0.15, -0.1) is 0 Å². The van der Waals surface area contributed by atoms with E-state index in [9.17, 15) is 19.7 Å². The van der Waals surface area contributed by atoms with E-state index in [0.717, 1.165) is 0 Å². The van der Waals surface area contributed by atoms with Gasteiger partial charge in [-0.3, -0.25) is 19.7 Å². The largest absolute Gasteiger partial charge is 0.321 e. The van der Waals surface area contributed by atoms with Gasteiger partial charge in [0.2, 0.25) is 11.8 Å². The van der Waals surface area contributed by atoms with E-state index in [-0.39, 0.29) is 35.5 Å². The highest BCUT2D eigenvalue weighted by Crippen LogP contribution is 2.28. The molecule has 0 aliphatic carbocycles. The van der Waals surface area contributed by atoms with Crippen LogP contribution >= 0.6 is 0 Å². The van der Waals surface area contributed by atoms with Crippen molar-refractivity contribution in [3.63, 3.8) is 0 Å². The van der Waals surface area contributed by atoms with Crippen molar-refractivity contribution in [1.82, 2.24) is 5.43 Å². The summed E-state index contributed by atoms with van der Waals surface area (Å²) in [5.41, 5.74) is 3.40. The molecule has 1 aliphatic rings. The molecular formula is C13H14N4O4. The molecule has 0 bridgehead atoms. The Bertz CT molecular complexity index is 654. The maximum Gasteiger partial charge on any atom is 0.293 e. The molecule has 2 rings (SSSR count). The molecule has 1 aromatic carbocycles. The predicted octanol–water partition coefficient (Wildman–Crippen LogP) is 1.41. The summed E-state index contributed by atoms with van der Waals surface area (Å²) in [7, 11) is 0. The molecule has 0 saturated heterocycles. The first kappa shape index (κ1) is 14.6. The Morgan fingerprint density at radius 3 is 2.81 bits per heavy atom.